The predicted octanol–water partition coefficient (Wildman–Crippen LogP) is 3.90. The molecule has 0 aliphatic heterocycles. The highest BCUT2D eigenvalue weighted by atomic mass is 32.2. The van der Waals surface area contributed by atoms with Crippen LogP contribution in [0.5, 0.6) is 0 Å². The van der Waals surface area contributed by atoms with Crippen LogP contribution in [0.3, 0.4) is 0 Å². The molecule has 1 N–H and O–H groups in total. The maximum absolute atomic E-state index is 12.3. The molecule has 118 valence electrons. The summed E-state index contributed by atoms with van der Waals surface area (Å²) in [7, 11) is 1.90. The van der Waals surface area contributed by atoms with E-state index in [1.165, 1.54) is 11.8 Å². The Labute approximate surface area is 142 Å². The van der Waals surface area contributed by atoms with Crippen LogP contribution >= 0.6 is 23.1 Å². The quantitative estimate of drug-likeness (QED) is 0.780. The number of thiophene rings is 1. The highest BCUT2D eigenvalue weighted by Crippen LogP contribution is 2.27. The Morgan fingerprint density at radius 2 is 2.00 bits per heavy atom. The minimum Gasteiger partial charge on any atom is -0.322 e. The molecular formula is C16H16N4OS2. The Morgan fingerprint density at radius 1 is 1.26 bits per heavy atom. The van der Waals surface area contributed by atoms with Crippen LogP contribution in [0.4, 0.5) is 5.69 Å². The van der Waals surface area contributed by atoms with Crippen LogP contribution in [0.15, 0.2) is 46.7 Å². The second kappa shape index (κ2) is 6.55. The number of hydrogen-bond acceptors (Lipinski definition) is 5. The Morgan fingerprint density at radius 3 is 2.57 bits per heavy atom. The molecule has 0 radical (unpaired) electrons. The number of carbonyl (C=O) groups excluding carboxylic acids is 1. The van der Waals surface area contributed by atoms with Gasteiger partial charge in [0.05, 0.1) is 5.56 Å². The minimum absolute atomic E-state index is 0.0689. The fourth-order valence-corrected chi connectivity index (χ4v) is 3.81. The molecular weight excluding hydrogens is 328 g/mol. The van der Waals surface area contributed by atoms with E-state index < -0.39 is 0 Å². The number of rotatable bonds is 4. The second-order valence-electron chi connectivity index (χ2n) is 5.13. The monoisotopic (exact) mass is 344 g/mol. The smallest absolute Gasteiger partial charge is 0.256 e. The minimum atomic E-state index is -0.0689. The molecule has 0 unspecified atom stereocenters. The number of hydrogen-bond donors (Lipinski definition) is 1. The van der Waals surface area contributed by atoms with E-state index in [2.05, 4.69) is 15.5 Å². The summed E-state index contributed by atoms with van der Waals surface area (Å²) >= 11 is 3.16. The molecule has 0 spiro atoms. The zero-order valence-electron chi connectivity index (χ0n) is 13.0. The van der Waals surface area contributed by atoms with Crippen LogP contribution in [-0.4, -0.2) is 20.7 Å². The van der Waals surface area contributed by atoms with E-state index >= 15 is 0 Å². The van der Waals surface area contributed by atoms with Crippen LogP contribution in [0.2, 0.25) is 0 Å². The number of aryl methyl sites for hydroxylation is 3. The van der Waals surface area contributed by atoms with E-state index in [0.29, 0.717) is 0 Å². The highest BCUT2D eigenvalue weighted by molar-refractivity contribution is 7.99. The van der Waals surface area contributed by atoms with Crippen molar-refractivity contribution >= 4 is 34.7 Å². The molecule has 1 amide bonds. The van der Waals surface area contributed by atoms with Crippen molar-refractivity contribution in [3.05, 3.63) is 52.0 Å². The van der Waals surface area contributed by atoms with Crippen molar-refractivity contribution in [1.82, 2.24) is 14.8 Å². The van der Waals surface area contributed by atoms with Crippen molar-refractivity contribution in [3.8, 4) is 0 Å². The summed E-state index contributed by atoms with van der Waals surface area (Å²) in [5.74, 6) is -0.0689. The zero-order valence-corrected chi connectivity index (χ0v) is 14.7. The summed E-state index contributed by atoms with van der Waals surface area (Å²) in [5, 5.41) is 11.7. The second-order valence-corrected chi connectivity index (χ2v) is 7.63. The molecule has 0 fully saturated rings. The molecule has 1 aromatic carbocycles. The van der Waals surface area contributed by atoms with Gasteiger partial charge in [0.15, 0.2) is 5.16 Å². The number of anilines is 1. The summed E-state index contributed by atoms with van der Waals surface area (Å²) in [4.78, 5) is 15.5. The number of benzene rings is 1. The summed E-state index contributed by atoms with van der Waals surface area (Å²) < 4.78 is 1.86. The van der Waals surface area contributed by atoms with Crippen molar-refractivity contribution in [1.29, 1.82) is 0 Å². The Bertz CT molecular complexity index is 836. The van der Waals surface area contributed by atoms with Crippen molar-refractivity contribution in [2.75, 3.05) is 5.32 Å². The Balaban J connectivity index is 1.69. The number of nitrogens with zero attached hydrogens (tertiary/aromatic N) is 3. The maximum atomic E-state index is 12.3. The third-order valence-electron chi connectivity index (χ3n) is 3.28. The normalized spacial score (nSPS) is 10.7. The van der Waals surface area contributed by atoms with E-state index in [1.54, 1.807) is 17.7 Å². The third kappa shape index (κ3) is 3.62. The van der Waals surface area contributed by atoms with Gasteiger partial charge in [-0.3, -0.25) is 4.79 Å². The van der Waals surface area contributed by atoms with Gasteiger partial charge in [-0.05, 0) is 55.9 Å². The van der Waals surface area contributed by atoms with Gasteiger partial charge in [0.2, 0.25) is 0 Å². The molecule has 2 heterocycles. The van der Waals surface area contributed by atoms with Crippen molar-refractivity contribution in [3.63, 3.8) is 0 Å². The lowest BCUT2D eigenvalue weighted by Gasteiger charge is -2.06. The molecule has 0 bridgehead atoms. The molecule has 0 aliphatic rings. The molecule has 3 aromatic rings. The largest absolute Gasteiger partial charge is 0.322 e. The van der Waals surface area contributed by atoms with Crippen molar-refractivity contribution in [2.45, 2.75) is 23.9 Å². The average Bonchev–Trinajstić information content (AvgIpc) is 3.07. The maximum Gasteiger partial charge on any atom is 0.256 e. The summed E-state index contributed by atoms with van der Waals surface area (Å²) in [6.45, 7) is 3.97. The van der Waals surface area contributed by atoms with Gasteiger partial charge in [-0.25, -0.2) is 0 Å². The van der Waals surface area contributed by atoms with Gasteiger partial charge in [-0.15, -0.1) is 21.5 Å². The van der Waals surface area contributed by atoms with Crippen LogP contribution in [-0.2, 0) is 7.05 Å². The van der Waals surface area contributed by atoms with Gasteiger partial charge < -0.3 is 9.88 Å². The summed E-state index contributed by atoms with van der Waals surface area (Å²) in [5.41, 5.74) is 1.52. The summed E-state index contributed by atoms with van der Waals surface area (Å²) in [6.07, 6.45) is 1.67. The first-order valence-electron chi connectivity index (χ1n) is 7.03. The topological polar surface area (TPSA) is 59.8 Å². The molecule has 3 rings (SSSR count). The Hall–Kier alpha value is -2.12. The van der Waals surface area contributed by atoms with Gasteiger partial charge in [-0.2, -0.15) is 0 Å². The number of carbonyl (C=O) groups is 1. The van der Waals surface area contributed by atoms with Crippen LogP contribution in [0.25, 0.3) is 0 Å². The SMILES string of the molecule is Cc1cc(C(=O)Nc2ccc(Sc3nncn3C)cc2)c(C)s1. The van der Waals surface area contributed by atoms with Crippen LogP contribution < -0.4 is 5.32 Å². The first-order valence-corrected chi connectivity index (χ1v) is 8.66. The highest BCUT2D eigenvalue weighted by Gasteiger charge is 2.12. The lowest BCUT2D eigenvalue weighted by atomic mass is 10.2. The molecule has 0 saturated heterocycles. The fraction of sp³-hybridized carbons (Fsp3) is 0.188. The zero-order chi connectivity index (χ0) is 16.4. The number of amides is 1. The van der Waals surface area contributed by atoms with Gasteiger partial charge >= 0.3 is 0 Å². The first kappa shape index (κ1) is 15.8. The van der Waals surface area contributed by atoms with Gasteiger partial charge in [0, 0.05) is 27.4 Å². The average molecular weight is 344 g/mol. The van der Waals surface area contributed by atoms with E-state index in [4.69, 9.17) is 0 Å². The fourth-order valence-electron chi connectivity index (χ4n) is 2.13. The third-order valence-corrected chi connectivity index (χ3v) is 5.30. The van der Waals surface area contributed by atoms with Gasteiger partial charge in [0.25, 0.3) is 5.91 Å². The standard InChI is InChI=1S/C16H16N4OS2/c1-10-8-14(11(2)22-10)15(21)18-12-4-6-13(7-5-12)23-16-19-17-9-20(16)3/h4-9H,1-3H3,(H,18,21). The lowest BCUT2D eigenvalue weighted by Crippen LogP contribution is -2.11. The van der Waals surface area contributed by atoms with Gasteiger partial charge in [0.1, 0.15) is 6.33 Å². The first-order chi connectivity index (χ1) is 11.0. The lowest BCUT2D eigenvalue weighted by molar-refractivity contribution is 0.102. The van der Waals surface area contributed by atoms with E-state index in [-0.39, 0.29) is 5.91 Å². The van der Waals surface area contributed by atoms with E-state index in [9.17, 15) is 4.79 Å². The van der Waals surface area contributed by atoms with E-state index in [0.717, 1.165) is 31.1 Å². The van der Waals surface area contributed by atoms with Crippen LogP contribution in [0, 0.1) is 13.8 Å². The van der Waals surface area contributed by atoms with E-state index in [1.807, 2.05) is 55.8 Å². The summed E-state index contributed by atoms with van der Waals surface area (Å²) in [6, 6.07) is 9.63. The van der Waals surface area contributed by atoms with Crippen LogP contribution in [0.1, 0.15) is 20.1 Å². The molecule has 0 aliphatic carbocycles. The molecule has 0 saturated carbocycles. The van der Waals surface area contributed by atoms with Gasteiger partial charge in [-0.1, -0.05) is 0 Å². The molecule has 5 nitrogen and oxygen atoms in total. The molecule has 2 aromatic heterocycles. The number of aromatic nitrogens is 3. The molecule has 7 heteroatoms. The predicted molar refractivity (Wildman–Crippen MR) is 93.3 cm³/mol. The molecule has 0 atom stereocenters. The van der Waals surface area contributed by atoms with Crippen molar-refractivity contribution < 1.29 is 4.79 Å². The molecule has 23 heavy (non-hydrogen) atoms. The van der Waals surface area contributed by atoms with Crippen molar-refractivity contribution in [2.24, 2.45) is 7.05 Å². The number of nitrogens with one attached hydrogen (secondary N) is 1. The Kier molecular flexibility index (Phi) is 4.49.